The van der Waals surface area contributed by atoms with E-state index in [9.17, 15) is 8.42 Å². The highest BCUT2D eigenvalue weighted by molar-refractivity contribution is 7.88. The van der Waals surface area contributed by atoms with Gasteiger partial charge in [-0.15, -0.1) is 0 Å². The molecule has 1 spiro atoms. The number of ether oxygens (including phenoxy) is 1. The van der Waals surface area contributed by atoms with Crippen LogP contribution in [0.4, 0.5) is 0 Å². The second kappa shape index (κ2) is 5.30. The molecular formula is C15H18ClNO3S. The monoisotopic (exact) mass is 327 g/mol. The Labute approximate surface area is 130 Å². The molecule has 1 fully saturated rings. The zero-order valence-electron chi connectivity index (χ0n) is 11.9. The van der Waals surface area contributed by atoms with Crippen LogP contribution < -0.4 is 0 Å². The molecule has 2 aliphatic heterocycles. The summed E-state index contributed by atoms with van der Waals surface area (Å²) in [5, 5.41) is 0.703. The van der Waals surface area contributed by atoms with E-state index >= 15 is 0 Å². The van der Waals surface area contributed by atoms with Crippen molar-refractivity contribution in [1.82, 2.24) is 4.31 Å². The Balaban J connectivity index is 1.77. The lowest BCUT2D eigenvalue weighted by Gasteiger charge is -2.38. The molecule has 3 rings (SSSR count). The normalized spacial score (nSPS) is 26.7. The molecule has 1 atom stereocenters. The van der Waals surface area contributed by atoms with E-state index in [1.54, 1.807) is 6.26 Å². The number of hydrogen-bond donors (Lipinski definition) is 0. The van der Waals surface area contributed by atoms with Crippen LogP contribution in [0.25, 0.3) is 5.57 Å². The lowest BCUT2D eigenvalue weighted by molar-refractivity contribution is -0.00151. The number of rotatable bonds is 2. The van der Waals surface area contributed by atoms with Crippen molar-refractivity contribution < 1.29 is 13.2 Å². The maximum absolute atomic E-state index is 11.8. The number of hydrogen-bond acceptors (Lipinski definition) is 3. The molecule has 0 bridgehead atoms. The van der Waals surface area contributed by atoms with Gasteiger partial charge in [0.25, 0.3) is 0 Å². The van der Waals surface area contributed by atoms with E-state index in [2.05, 4.69) is 0 Å². The van der Waals surface area contributed by atoms with Gasteiger partial charge in [0.2, 0.25) is 10.0 Å². The van der Waals surface area contributed by atoms with Gasteiger partial charge in [0.15, 0.2) is 0 Å². The molecule has 21 heavy (non-hydrogen) atoms. The SMILES string of the molecule is CS(=O)(=O)N1CCCC2(CC(c3ccc(Cl)cc3)=CO2)C1. The van der Waals surface area contributed by atoms with Gasteiger partial charge in [-0.2, -0.15) is 4.31 Å². The third-order valence-corrected chi connectivity index (χ3v) is 5.65. The van der Waals surface area contributed by atoms with Gasteiger partial charge in [-0.25, -0.2) is 8.42 Å². The highest BCUT2D eigenvalue weighted by Crippen LogP contribution is 2.41. The van der Waals surface area contributed by atoms with Crippen LogP contribution in [0.2, 0.25) is 5.02 Å². The highest BCUT2D eigenvalue weighted by atomic mass is 35.5. The first-order chi connectivity index (χ1) is 9.88. The van der Waals surface area contributed by atoms with Crippen molar-refractivity contribution in [1.29, 1.82) is 0 Å². The zero-order valence-corrected chi connectivity index (χ0v) is 13.5. The number of sulfonamides is 1. The van der Waals surface area contributed by atoms with Crippen LogP contribution in [0.3, 0.4) is 0 Å². The minimum absolute atomic E-state index is 0.406. The van der Waals surface area contributed by atoms with E-state index in [0.29, 0.717) is 18.1 Å². The Morgan fingerprint density at radius 1 is 1.29 bits per heavy atom. The minimum Gasteiger partial charge on any atom is -0.493 e. The molecule has 0 aromatic heterocycles. The van der Waals surface area contributed by atoms with E-state index in [0.717, 1.165) is 30.4 Å². The second-order valence-electron chi connectivity index (χ2n) is 5.83. The van der Waals surface area contributed by atoms with E-state index in [4.69, 9.17) is 16.3 Å². The molecule has 0 aliphatic carbocycles. The van der Waals surface area contributed by atoms with Crippen LogP contribution in [0.15, 0.2) is 30.5 Å². The topological polar surface area (TPSA) is 46.6 Å². The van der Waals surface area contributed by atoms with Crippen LogP contribution in [-0.4, -0.2) is 37.7 Å². The van der Waals surface area contributed by atoms with Gasteiger partial charge in [-0.05, 0) is 36.1 Å². The Morgan fingerprint density at radius 3 is 2.67 bits per heavy atom. The third kappa shape index (κ3) is 3.10. The van der Waals surface area contributed by atoms with Crippen LogP contribution in [0.5, 0.6) is 0 Å². The fraction of sp³-hybridized carbons (Fsp3) is 0.467. The van der Waals surface area contributed by atoms with E-state index < -0.39 is 15.6 Å². The molecule has 1 aromatic carbocycles. The Kier molecular flexibility index (Phi) is 3.76. The predicted molar refractivity (Wildman–Crippen MR) is 83.5 cm³/mol. The van der Waals surface area contributed by atoms with Crippen LogP contribution in [0, 0.1) is 0 Å². The third-order valence-electron chi connectivity index (χ3n) is 4.15. The summed E-state index contributed by atoms with van der Waals surface area (Å²) >= 11 is 5.91. The first-order valence-electron chi connectivity index (χ1n) is 6.96. The quantitative estimate of drug-likeness (QED) is 0.839. The van der Waals surface area contributed by atoms with Gasteiger partial charge in [0.1, 0.15) is 5.60 Å². The average molecular weight is 328 g/mol. The molecule has 0 radical (unpaired) electrons. The molecule has 0 amide bonds. The summed E-state index contributed by atoms with van der Waals surface area (Å²) in [5.41, 5.74) is 1.77. The van der Waals surface area contributed by atoms with Crippen molar-refractivity contribution in [3.8, 4) is 0 Å². The summed E-state index contributed by atoms with van der Waals surface area (Å²) < 4.78 is 30.9. The van der Waals surface area contributed by atoms with E-state index in [1.165, 1.54) is 10.6 Å². The molecule has 114 valence electrons. The molecule has 1 unspecified atom stereocenters. The Bertz CT molecular complexity index is 669. The zero-order chi connectivity index (χ0) is 15.1. The van der Waals surface area contributed by atoms with Gasteiger partial charge in [0.05, 0.1) is 19.1 Å². The Hall–Kier alpha value is -1.04. The standard InChI is InChI=1S/C15H18ClNO3S/c1-21(18,19)17-8-2-7-15(11-17)9-13(10-20-15)12-3-5-14(16)6-4-12/h3-6,10H,2,7-9,11H2,1H3. The molecular weight excluding hydrogens is 310 g/mol. The molecule has 2 aliphatic rings. The number of halogens is 1. The van der Waals surface area contributed by atoms with Gasteiger partial charge in [0, 0.05) is 18.0 Å². The van der Waals surface area contributed by atoms with Crippen molar-refractivity contribution in [2.75, 3.05) is 19.3 Å². The summed E-state index contributed by atoms with van der Waals surface area (Å²) in [6.45, 7) is 1.01. The van der Waals surface area contributed by atoms with Crippen LogP contribution in [-0.2, 0) is 14.8 Å². The highest BCUT2D eigenvalue weighted by Gasteiger charge is 2.43. The maximum Gasteiger partial charge on any atom is 0.211 e. The molecule has 1 aromatic rings. The minimum atomic E-state index is -3.16. The maximum atomic E-state index is 11.8. The number of piperidine rings is 1. The first kappa shape index (κ1) is 14.9. The largest absolute Gasteiger partial charge is 0.493 e. The van der Waals surface area contributed by atoms with Crippen LogP contribution >= 0.6 is 11.6 Å². The van der Waals surface area contributed by atoms with Crippen molar-refractivity contribution in [3.63, 3.8) is 0 Å². The van der Waals surface area contributed by atoms with Gasteiger partial charge >= 0.3 is 0 Å². The number of benzene rings is 1. The van der Waals surface area contributed by atoms with Crippen molar-refractivity contribution in [2.24, 2.45) is 0 Å². The predicted octanol–water partition coefficient (Wildman–Crippen LogP) is 2.90. The van der Waals surface area contributed by atoms with Gasteiger partial charge in [-0.1, -0.05) is 23.7 Å². The van der Waals surface area contributed by atoms with Crippen molar-refractivity contribution in [2.45, 2.75) is 24.9 Å². The molecule has 2 heterocycles. The summed E-state index contributed by atoms with van der Waals surface area (Å²) in [6, 6.07) is 7.64. The molecule has 4 nitrogen and oxygen atoms in total. The lowest BCUT2D eigenvalue weighted by Crippen LogP contribution is -2.49. The molecule has 6 heteroatoms. The van der Waals surface area contributed by atoms with E-state index in [-0.39, 0.29) is 0 Å². The fourth-order valence-electron chi connectivity index (χ4n) is 3.04. The Morgan fingerprint density at radius 2 is 2.00 bits per heavy atom. The fourth-order valence-corrected chi connectivity index (χ4v) is 4.10. The van der Waals surface area contributed by atoms with E-state index in [1.807, 2.05) is 24.3 Å². The molecule has 0 N–H and O–H groups in total. The second-order valence-corrected chi connectivity index (χ2v) is 8.25. The van der Waals surface area contributed by atoms with Crippen LogP contribution in [0.1, 0.15) is 24.8 Å². The van der Waals surface area contributed by atoms with Crippen molar-refractivity contribution in [3.05, 3.63) is 41.1 Å². The average Bonchev–Trinajstić information content (AvgIpc) is 2.82. The molecule has 0 saturated carbocycles. The summed E-state index contributed by atoms with van der Waals surface area (Å²) in [6.07, 6.45) is 5.48. The smallest absolute Gasteiger partial charge is 0.211 e. The summed E-state index contributed by atoms with van der Waals surface area (Å²) in [4.78, 5) is 0. The number of nitrogens with zero attached hydrogens (tertiary/aromatic N) is 1. The molecule has 1 saturated heterocycles. The van der Waals surface area contributed by atoms with Crippen molar-refractivity contribution >= 4 is 27.2 Å². The summed E-state index contributed by atoms with van der Waals surface area (Å²) in [7, 11) is -3.16. The van der Waals surface area contributed by atoms with Gasteiger partial charge < -0.3 is 4.74 Å². The summed E-state index contributed by atoms with van der Waals surface area (Å²) in [5.74, 6) is 0. The lowest BCUT2D eigenvalue weighted by atomic mass is 9.87. The first-order valence-corrected chi connectivity index (χ1v) is 9.19. The van der Waals surface area contributed by atoms with Gasteiger partial charge in [-0.3, -0.25) is 0 Å².